The molecule has 0 aliphatic carbocycles. The Kier molecular flexibility index (Phi) is 8.57. The minimum atomic E-state index is -0.500. The van der Waals surface area contributed by atoms with Gasteiger partial charge in [0.15, 0.2) is 0 Å². The molecule has 4 aromatic carbocycles. The standard InChI is InChI=1S/C21H16P.2CH3.Zr/c1-3-10-19(11-4-1)22(20-12-5-2-6-13-20)21-15-14-17-8-7-9-18(17)16-21;;;/h1-16H;2*1H3;/q3*-1;+3. The molecule has 0 atom stereocenters. The minimum Gasteiger partial charge on any atom is -0.358 e. The van der Waals surface area contributed by atoms with Crippen molar-refractivity contribution in [2.45, 2.75) is 0 Å². The maximum Gasteiger partial charge on any atom is 3.00 e. The van der Waals surface area contributed by atoms with Gasteiger partial charge in [0.25, 0.3) is 0 Å². The number of hydrogen-bond donors (Lipinski definition) is 0. The first kappa shape index (κ1) is 21.6. The Morgan fingerprint density at radius 3 is 1.72 bits per heavy atom. The topological polar surface area (TPSA) is 0 Å². The van der Waals surface area contributed by atoms with Crippen molar-refractivity contribution in [3.8, 4) is 0 Å². The van der Waals surface area contributed by atoms with Crippen LogP contribution in [0.5, 0.6) is 0 Å². The molecule has 0 unspecified atom stereocenters. The largest absolute Gasteiger partial charge is 3.00 e. The van der Waals surface area contributed by atoms with E-state index in [-0.39, 0.29) is 41.1 Å². The van der Waals surface area contributed by atoms with Crippen LogP contribution in [0.2, 0.25) is 0 Å². The first-order valence-corrected chi connectivity index (χ1v) is 8.82. The molecule has 123 valence electrons. The van der Waals surface area contributed by atoms with Gasteiger partial charge in [0, 0.05) is 0 Å². The van der Waals surface area contributed by atoms with Crippen LogP contribution in [-0.4, -0.2) is 0 Å². The summed E-state index contributed by atoms with van der Waals surface area (Å²) in [4.78, 5) is 0. The van der Waals surface area contributed by atoms with Crippen LogP contribution in [0.3, 0.4) is 0 Å². The molecule has 0 amide bonds. The van der Waals surface area contributed by atoms with Crippen LogP contribution in [-0.2, 0) is 26.2 Å². The zero-order chi connectivity index (χ0) is 14.8. The Morgan fingerprint density at radius 2 is 1.16 bits per heavy atom. The molecule has 0 saturated carbocycles. The van der Waals surface area contributed by atoms with Gasteiger partial charge in [-0.15, -0.1) is 17.5 Å². The van der Waals surface area contributed by atoms with Gasteiger partial charge in [-0.1, -0.05) is 72.8 Å². The van der Waals surface area contributed by atoms with E-state index in [1.807, 2.05) is 0 Å². The maximum absolute atomic E-state index is 2.35. The van der Waals surface area contributed by atoms with Crippen LogP contribution in [0, 0.1) is 14.9 Å². The minimum absolute atomic E-state index is 0. The molecule has 2 heteroatoms. The van der Waals surface area contributed by atoms with E-state index in [1.54, 1.807) is 0 Å². The molecule has 1 radical (unpaired) electrons. The van der Waals surface area contributed by atoms with E-state index in [4.69, 9.17) is 0 Å². The summed E-state index contributed by atoms with van der Waals surface area (Å²) in [6.07, 6.45) is 0. The molecule has 0 bridgehead atoms. The van der Waals surface area contributed by atoms with E-state index in [9.17, 15) is 0 Å². The van der Waals surface area contributed by atoms with Crippen LogP contribution in [0.25, 0.3) is 10.8 Å². The summed E-state index contributed by atoms with van der Waals surface area (Å²) < 4.78 is 0. The van der Waals surface area contributed by atoms with E-state index in [0.29, 0.717) is 0 Å². The van der Waals surface area contributed by atoms with Gasteiger partial charge < -0.3 is 14.9 Å². The zero-order valence-corrected chi connectivity index (χ0v) is 18.0. The van der Waals surface area contributed by atoms with Gasteiger partial charge in [-0.05, 0) is 23.8 Å². The van der Waals surface area contributed by atoms with Gasteiger partial charge in [-0.2, -0.15) is 17.5 Å². The van der Waals surface area contributed by atoms with Crippen molar-refractivity contribution in [1.29, 1.82) is 0 Å². The van der Waals surface area contributed by atoms with Gasteiger partial charge >= 0.3 is 26.2 Å². The molecule has 0 saturated heterocycles. The fourth-order valence-corrected chi connectivity index (χ4v) is 5.18. The predicted octanol–water partition coefficient (Wildman–Crippen LogP) is 5.21. The van der Waals surface area contributed by atoms with Gasteiger partial charge in [0.1, 0.15) is 0 Å². The molecular weight excluding hydrogens is 398 g/mol. The first-order chi connectivity index (χ1) is 10.9. The first-order valence-electron chi connectivity index (χ1n) is 7.47. The average Bonchev–Trinajstić information content (AvgIpc) is 3.05. The third-order valence-electron chi connectivity index (χ3n) is 3.91. The quantitative estimate of drug-likeness (QED) is 0.315. The Balaban J connectivity index is 0.00000104. The average molecular weight is 421 g/mol. The molecular formula is C23H22PZr. The number of benzene rings is 3. The summed E-state index contributed by atoms with van der Waals surface area (Å²) in [5.74, 6) is 0. The van der Waals surface area contributed by atoms with E-state index < -0.39 is 7.92 Å². The summed E-state index contributed by atoms with van der Waals surface area (Å²) in [6, 6.07) is 35.1. The van der Waals surface area contributed by atoms with Gasteiger partial charge in [-0.25, -0.2) is 0 Å². The Morgan fingerprint density at radius 1 is 0.600 bits per heavy atom. The summed E-state index contributed by atoms with van der Waals surface area (Å²) in [5, 5.41) is 6.85. The second kappa shape index (κ2) is 9.91. The van der Waals surface area contributed by atoms with Gasteiger partial charge in [0.2, 0.25) is 0 Å². The smallest absolute Gasteiger partial charge is 0.358 e. The molecule has 4 aromatic rings. The molecule has 0 spiro atoms. The van der Waals surface area contributed by atoms with Crippen LogP contribution in [0.15, 0.2) is 97.1 Å². The Labute approximate surface area is 172 Å². The second-order valence-corrected chi connectivity index (χ2v) is 7.57. The number of fused-ring (bicyclic) bond motifs is 1. The number of hydrogen-bond acceptors (Lipinski definition) is 0. The van der Waals surface area contributed by atoms with Crippen LogP contribution >= 0.6 is 7.92 Å². The van der Waals surface area contributed by atoms with E-state index in [1.165, 1.54) is 26.7 Å². The van der Waals surface area contributed by atoms with Crippen LogP contribution in [0.1, 0.15) is 0 Å². The molecule has 0 N–H and O–H groups in total. The third-order valence-corrected chi connectivity index (χ3v) is 6.33. The van der Waals surface area contributed by atoms with Crippen molar-refractivity contribution in [2.75, 3.05) is 0 Å². The fraction of sp³-hybridized carbons (Fsp3) is 0. The molecule has 0 aliphatic heterocycles. The zero-order valence-electron chi connectivity index (χ0n) is 14.7. The normalized spacial score (nSPS) is 9.80. The monoisotopic (exact) mass is 419 g/mol. The van der Waals surface area contributed by atoms with Crippen LogP contribution < -0.4 is 15.9 Å². The van der Waals surface area contributed by atoms with E-state index in [2.05, 4.69) is 97.1 Å². The Hall–Kier alpha value is -1.42. The molecule has 0 heterocycles. The van der Waals surface area contributed by atoms with E-state index >= 15 is 0 Å². The summed E-state index contributed by atoms with van der Waals surface area (Å²) in [5.41, 5.74) is 0. The molecule has 0 fully saturated rings. The molecule has 0 nitrogen and oxygen atoms in total. The molecule has 0 aromatic heterocycles. The van der Waals surface area contributed by atoms with Crippen molar-refractivity contribution in [3.63, 3.8) is 0 Å². The van der Waals surface area contributed by atoms with E-state index in [0.717, 1.165) is 0 Å². The molecule has 25 heavy (non-hydrogen) atoms. The molecule has 4 rings (SSSR count). The fourth-order valence-electron chi connectivity index (χ4n) is 2.85. The SMILES string of the molecule is [CH3-].[CH3-].[Zr+3].c1ccc(P(c2ccccc2)c2ccc3[cH-]ccc3c2)cc1. The maximum atomic E-state index is 2.35. The summed E-state index contributed by atoms with van der Waals surface area (Å²) >= 11 is 0. The second-order valence-electron chi connectivity index (χ2n) is 5.35. The number of rotatable bonds is 3. The van der Waals surface area contributed by atoms with Crippen LogP contribution in [0.4, 0.5) is 0 Å². The van der Waals surface area contributed by atoms with Gasteiger partial charge in [0.05, 0.1) is 0 Å². The Bertz CT molecular complexity index is 842. The van der Waals surface area contributed by atoms with Gasteiger partial charge in [-0.3, -0.25) is 0 Å². The van der Waals surface area contributed by atoms with Crippen molar-refractivity contribution in [2.24, 2.45) is 0 Å². The summed E-state index contributed by atoms with van der Waals surface area (Å²) in [7, 11) is -0.500. The van der Waals surface area contributed by atoms with Crippen molar-refractivity contribution in [3.05, 3.63) is 112 Å². The predicted molar refractivity (Wildman–Crippen MR) is 111 cm³/mol. The summed E-state index contributed by atoms with van der Waals surface area (Å²) in [6.45, 7) is 0. The third kappa shape index (κ3) is 4.60. The van der Waals surface area contributed by atoms with Crippen molar-refractivity contribution < 1.29 is 26.2 Å². The van der Waals surface area contributed by atoms with Crippen molar-refractivity contribution in [1.82, 2.24) is 0 Å². The molecule has 0 aliphatic rings. The van der Waals surface area contributed by atoms with Crippen molar-refractivity contribution >= 4 is 34.6 Å².